The van der Waals surface area contributed by atoms with Gasteiger partial charge in [0.1, 0.15) is 17.3 Å². The van der Waals surface area contributed by atoms with E-state index in [1.54, 1.807) is 36.4 Å². The average Bonchev–Trinajstić information content (AvgIpc) is 3.08. The van der Waals surface area contributed by atoms with Crippen LogP contribution in [0.25, 0.3) is 5.76 Å². The number of ketones is 1. The standard InChI is InChI=1S/C24H26FN3O4/c1-32-19-8-4-17(5-9-19)22(29)20-21(16-2-6-18(25)7-3-16)28(24(31)23(20)30)15-14-27-12-10-26-11-13-27/h2-9,21,26,29H,10-15H2,1H3/t21-/m0/s1. The molecule has 1 atom stereocenters. The van der Waals surface area contributed by atoms with Gasteiger partial charge in [-0.1, -0.05) is 12.1 Å². The predicted octanol–water partition coefficient (Wildman–Crippen LogP) is 2.16. The monoisotopic (exact) mass is 439 g/mol. The molecule has 0 aromatic heterocycles. The van der Waals surface area contributed by atoms with Crippen molar-refractivity contribution < 1.29 is 23.8 Å². The molecule has 2 aliphatic heterocycles. The Morgan fingerprint density at radius 1 is 1.06 bits per heavy atom. The van der Waals surface area contributed by atoms with Crippen LogP contribution in [-0.4, -0.2) is 73.0 Å². The van der Waals surface area contributed by atoms with Crippen molar-refractivity contribution in [1.82, 2.24) is 15.1 Å². The number of carbonyl (C=O) groups is 2. The number of aliphatic hydroxyl groups excluding tert-OH is 1. The second kappa shape index (κ2) is 9.50. The van der Waals surface area contributed by atoms with Crippen LogP contribution in [0.3, 0.4) is 0 Å². The number of benzene rings is 2. The largest absolute Gasteiger partial charge is 0.507 e. The van der Waals surface area contributed by atoms with E-state index in [9.17, 15) is 19.1 Å². The van der Waals surface area contributed by atoms with E-state index in [-0.39, 0.29) is 11.3 Å². The molecular weight excluding hydrogens is 413 g/mol. The van der Waals surface area contributed by atoms with E-state index >= 15 is 0 Å². The summed E-state index contributed by atoms with van der Waals surface area (Å²) in [4.78, 5) is 29.7. The second-order valence-corrected chi connectivity index (χ2v) is 7.86. The number of methoxy groups -OCH3 is 1. The topological polar surface area (TPSA) is 82.1 Å². The maximum Gasteiger partial charge on any atom is 0.295 e. The number of aliphatic hydroxyl groups is 1. The van der Waals surface area contributed by atoms with E-state index in [1.807, 2.05) is 0 Å². The Kier molecular flexibility index (Phi) is 6.53. The molecule has 32 heavy (non-hydrogen) atoms. The van der Waals surface area contributed by atoms with E-state index < -0.39 is 23.5 Å². The Balaban J connectivity index is 1.71. The maximum absolute atomic E-state index is 13.6. The zero-order chi connectivity index (χ0) is 22.7. The van der Waals surface area contributed by atoms with Crippen LogP contribution in [0, 0.1) is 5.82 Å². The van der Waals surface area contributed by atoms with Gasteiger partial charge < -0.3 is 20.1 Å². The molecule has 0 radical (unpaired) electrons. The van der Waals surface area contributed by atoms with Crippen molar-refractivity contribution in [2.75, 3.05) is 46.4 Å². The zero-order valence-corrected chi connectivity index (χ0v) is 17.9. The number of carbonyl (C=O) groups excluding carboxylic acids is 2. The Hall–Kier alpha value is -3.23. The van der Waals surface area contributed by atoms with Gasteiger partial charge in [-0.2, -0.15) is 0 Å². The highest BCUT2D eigenvalue weighted by molar-refractivity contribution is 6.46. The molecule has 2 aromatic rings. The van der Waals surface area contributed by atoms with Crippen LogP contribution in [0.5, 0.6) is 5.75 Å². The molecular formula is C24H26FN3O4. The minimum absolute atomic E-state index is 0.00656. The van der Waals surface area contributed by atoms with Gasteiger partial charge in [0.05, 0.1) is 18.7 Å². The fraction of sp³-hybridized carbons (Fsp3) is 0.333. The molecule has 2 aromatic carbocycles. The lowest BCUT2D eigenvalue weighted by Crippen LogP contribution is -2.46. The first-order chi connectivity index (χ1) is 15.5. The van der Waals surface area contributed by atoms with Crippen LogP contribution in [0.4, 0.5) is 4.39 Å². The molecule has 2 heterocycles. The molecule has 168 valence electrons. The number of likely N-dealkylation sites (tertiary alicyclic amines) is 1. The number of Topliss-reactive ketones (excluding diaryl/α,β-unsaturated/α-hetero) is 1. The van der Waals surface area contributed by atoms with Crippen LogP contribution in [0.1, 0.15) is 17.2 Å². The molecule has 2 N–H and O–H groups in total. The van der Waals surface area contributed by atoms with Crippen LogP contribution >= 0.6 is 0 Å². The first-order valence-corrected chi connectivity index (χ1v) is 10.6. The molecule has 2 saturated heterocycles. The van der Waals surface area contributed by atoms with E-state index in [2.05, 4.69) is 10.2 Å². The van der Waals surface area contributed by atoms with Gasteiger partial charge in [-0.25, -0.2) is 4.39 Å². The molecule has 0 spiro atoms. The van der Waals surface area contributed by atoms with Gasteiger partial charge in [0, 0.05) is 44.8 Å². The summed E-state index contributed by atoms with van der Waals surface area (Å²) in [6.45, 7) is 4.39. The van der Waals surface area contributed by atoms with E-state index in [1.165, 1.54) is 24.1 Å². The zero-order valence-electron chi connectivity index (χ0n) is 17.9. The number of hydrogen-bond donors (Lipinski definition) is 2. The number of ether oxygens (including phenoxy) is 1. The van der Waals surface area contributed by atoms with Gasteiger partial charge in [0.2, 0.25) is 0 Å². The number of halogens is 1. The van der Waals surface area contributed by atoms with Crippen LogP contribution in [0.15, 0.2) is 54.1 Å². The van der Waals surface area contributed by atoms with Gasteiger partial charge in [0.25, 0.3) is 11.7 Å². The summed E-state index contributed by atoms with van der Waals surface area (Å²) in [5.41, 5.74) is 0.978. The lowest BCUT2D eigenvalue weighted by molar-refractivity contribution is -0.140. The number of amides is 1. The average molecular weight is 439 g/mol. The third kappa shape index (κ3) is 4.37. The Bertz CT molecular complexity index is 1010. The molecule has 7 nitrogen and oxygen atoms in total. The third-order valence-corrected chi connectivity index (χ3v) is 5.96. The van der Waals surface area contributed by atoms with Gasteiger partial charge in [-0.3, -0.25) is 14.5 Å². The Labute approximate surface area is 186 Å². The minimum Gasteiger partial charge on any atom is -0.507 e. The van der Waals surface area contributed by atoms with E-state index in [0.717, 1.165) is 26.2 Å². The quantitative estimate of drug-likeness (QED) is 0.408. The molecule has 0 aliphatic carbocycles. The van der Waals surface area contributed by atoms with Gasteiger partial charge in [-0.05, 0) is 42.0 Å². The van der Waals surface area contributed by atoms with Crippen LogP contribution < -0.4 is 10.1 Å². The molecule has 0 bridgehead atoms. The van der Waals surface area contributed by atoms with Crippen LogP contribution in [-0.2, 0) is 9.59 Å². The molecule has 8 heteroatoms. The molecule has 0 saturated carbocycles. The smallest absolute Gasteiger partial charge is 0.295 e. The van der Waals surface area contributed by atoms with Crippen molar-refractivity contribution in [3.05, 3.63) is 71.0 Å². The van der Waals surface area contributed by atoms with Crippen molar-refractivity contribution in [2.24, 2.45) is 0 Å². The van der Waals surface area contributed by atoms with Crippen molar-refractivity contribution in [3.63, 3.8) is 0 Å². The maximum atomic E-state index is 13.6. The fourth-order valence-corrected chi connectivity index (χ4v) is 4.19. The summed E-state index contributed by atoms with van der Waals surface area (Å²) in [6, 6.07) is 11.5. The normalized spacial score (nSPS) is 21.2. The molecule has 2 fully saturated rings. The summed E-state index contributed by atoms with van der Waals surface area (Å²) >= 11 is 0. The Morgan fingerprint density at radius 3 is 2.34 bits per heavy atom. The number of rotatable bonds is 6. The predicted molar refractivity (Wildman–Crippen MR) is 118 cm³/mol. The first kappa shape index (κ1) is 22.0. The number of nitrogens with one attached hydrogen (secondary N) is 1. The summed E-state index contributed by atoms with van der Waals surface area (Å²) < 4.78 is 18.7. The van der Waals surface area contributed by atoms with E-state index in [0.29, 0.717) is 30.0 Å². The lowest BCUT2D eigenvalue weighted by Gasteiger charge is -2.31. The molecule has 2 aliphatic rings. The van der Waals surface area contributed by atoms with Gasteiger partial charge in [-0.15, -0.1) is 0 Å². The molecule has 4 rings (SSSR count). The first-order valence-electron chi connectivity index (χ1n) is 10.6. The van der Waals surface area contributed by atoms with Crippen molar-refractivity contribution in [3.8, 4) is 5.75 Å². The van der Waals surface area contributed by atoms with Gasteiger partial charge >= 0.3 is 0 Å². The van der Waals surface area contributed by atoms with Crippen molar-refractivity contribution in [2.45, 2.75) is 6.04 Å². The summed E-state index contributed by atoms with van der Waals surface area (Å²) in [7, 11) is 1.54. The highest BCUT2D eigenvalue weighted by Crippen LogP contribution is 2.39. The third-order valence-electron chi connectivity index (χ3n) is 5.96. The Morgan fingerprint density at radius 2 is 1.72 bits per heavy atom. The van der Waals surface area contributed by atoms with Crippen molar-refractivity contribution in [1.29, 1.82) is 0 Å². The summed E-state index contributed by atoms with van der Waals surface area (Å²) in [5.74, 6) is -1.47. The van der Waals surface area contributed by atoms with Gasteiger partial charge in [0.15, 0.2) is 0 Å². The number of nitrogens with zero attached hydrogens (tertiary/aromatic N) is 2. The SMILES string of the molecule is COc1ccc(C(O)=C2C(=O)C(=O)N(CCN3CCNCC3)[C@H]2c2ccc(F)cc2)cc1. The van der Waals surface area contributed by atoms with Crippen LogP contribution in [0.2, 0.25) is 0 Å². The van der Waals surface area contributed by atoms with Crippen molar-refractivity contribution >= 4 is 17.4 Å². The molecule has 1 amide bonds. The number of piperazine rings is 1. The summed E-state index contributed by atoms with van der Waals surface area (Å²) in [6.07, 6.45) is 0. The summed E-state index contributed by atoms with van der Waals surface area (Å²) in [5, 5.41) is 14.3. The lowest BCUT2D eigenvalue weighted by atomic mass is 9.95. The second-order valence-electron chi connectivity index (χ2n) is 7.86. The number of hydrogen-bond acceptors (Lipinski definition) is 6. The highest BCUT2D eigenvalue weighted by Gasteiger charge is 2.46. The highest BCUT2D eigenvalue weighted by atomic mass is 19.1. The molecule has 0 unspecified atom stereocenters. The van der Waals surface area contributed by atoms with E-state index in [4.69, 9.17) is 4.74 Å². The minimum atomic E-state index is -0.791. The fourth-order valence-electron chi connectivity index (χ4n) is 4.19.